The van der Waals surface area contributed by atoms with Gasteiger partial charge in [-0.15, -0.1) is 0 Å². The van der Waals surface area contributed by atoms with Crippen LogP contribution in [0.1, 0.15) is 33.6 Å². The van der Waals surface area contributed by atoms with Gasteiger partial charge in [0.25, 0.3) is 0 Å². The number of likely N-dealkylation sites (N-methyl/N-ethyl adjacent to an activating group) is 1. The molecule has 1 saturated carbocycles. The molecule has 1 fully saturated rings. The zero-order valence-electron chi connectivity index (χ0n) is 8.64. The lowest BCUT2D eigenvalue weighted by Gasteiger charge is -2.37. The number of hydrogen-bond acceptors (Lipinski definition) is 2. The molecule has 1 aliphatic rings. The van der Waals surface area contributed by atoms with Crippen molar-refractivity contribution >= 4 is 0 Å². The van der Waals surface area contributed by atoms with Gasteiger partial charge < -0.3 is 5.73 Å². The minimum Gasteiger partial charge on any atom is -0.329 e. The van der Waals surface area contributed by atoms with Crippen molar-refractivity contribution in [3.05, 3.63) is 0 Å². The average molecular weight is 170 g/mol. The van der Waals surface area contributed by atoms with Crippen LogP contribution in [0.15, 0.2) is 0 Å². The van der Waals surface area contributed by atoms with Gasteiger partial charge in [-0.3, -0.25) is 4.90 Å². The van der Waals surface area contributed by atoms with Gasteiger partial charge in [-0.05, 0) is 39.2 Å². The summed E-state index contributed by atoms with van der Waals surface area (Å²) in [4.78, 5) is 2.50. The van der Waals surface area contributed by atoms with Gasteiger partial charge in [0.2, 0.25) is 0 Å². The summed E-state index contributed by atoms with van der Waals surface area (Å²) < 4.78 is 0. The Morgan fingerprint density at radius 2 is 2.00 bits per heavy atom. The van der Waals surface area contributed by atoms with E-state index in [1.165, 1.54) is 19.4 Å². The van der Waals surface area contributed by atoms with Crippen LogP contribution in [0.25, 0.3) is 0 Å². The summed E-state index contributed by atoms with van der Waals surface area (Å²) in [6.45, 7) is 9.83. The second-order valence-corrected chi connectivity index (χ2v) is 4.50. The van der Waals surface area contributed by atoms with Crippen LogP contribution >= 0.6 is 0 Å². The van der Waals surface area contributed by atoms with Crippen molar-refractivity contribution < 1.29 is 0 Å². The average Bonchev–Trinajstić information content (AvgIpc) is 2.83. The Kier molecular flexibility index (Phi) is 3.13. The van der Waals surface area contributed by atoms with E-state index in [1.54, 1.807) is 0 Å². The monoisotopic (exact) mass is 170 g/mol. The number of hydrogen-bond donors (Lipinski definition) is 1. The minimum absolute atomic E-state index is 0.192. The second-order valence-electron chi connectivity index (χ2n) is 4.50. The van der Waals surface area contributed by atoms with Crippen LogP contribution in [0.3, 0.4) is 0 Å². The van der Waals surface area contributed by atoms with Gasteiger partial charge >= 0.3 is 0 Å². The molecule has 0 aromatic rings. The third-order valence-corrected chi connectivity index (χ3v) is 2.91. The highest BCUT2D eigenvalue weighted by Gasteiger charge is 2.30. The zero-order chi connectivity index (χ0) is 9.19. The SMILES string of the molecule is CCN(CC1CC1)C(C)(C)CN. The van der Waals surface area contributed by atoms with Crippen LogP contribution in [-0.4, -0.2) is 30.1 Å². The van der Waals surface area contributed by atoms with Crippen molar-refractivity contribution in [2.24, 2.45) is 11.7 Å². The molecule has 0 amide bonds. The normalized spacial score (nSPS) is 18.8. The lowest BCUT2D eigenvalue weighted by atomic mass is 10.0. The molecule has 2 N–H and O–H groups in total. The van der Waals surface area contributed by atoms with Crippen molar-refractivity contribution in [1.82, 2.24) is 4.90 Å². The van der Waals surface area contributed by atoms with Crippen LogP contribution in [0.2, 0.25) is 0 Å². The third kappa shape index (κ3) is 2.46. The van der Waals surface area contributed by atoms with Gasteiger partial charge in [0, 0.05) is 18.6 Å². The van der Waals surface area contributed by atoms with Crippen molar-refractivity contribution in [3.63, 3.8) is 0 Å². The molecule has 12 heavy (non-hydrogen) atoms. The molecule has 0 aromatic heterocycles. The first kappa shape index (κ1) is 10.0. The predicted octanol–water partition coefficient (Wildman–Crippen LogP) is 1.46. The van der Waals surface area contributed by atoms with E-state index < -0.39 is 0 Å². The zero-order valence-corrected chi connectivity index (χ0v) is 8.64. The quantitative estimate of drug-likeness (QED) is 0.677. The first-order valence-corrected chi connectivity index (χ1v) is 5.05. The first-order valence-electron chi connectivity index (χ1n) is 5.05. The highest BCUT2D eigenvalue weighted by Crippen LogP contribution is 2.31. The Morgan fingerprint density at radius 1 is 1.42 bits per heavy atom. The molecule has 0 aliphatic heterocycles. The van der Waals surface area contributed by atoms with Crippen molar-refractivity contribution in [2.45, 2.75) is 39.2 Å². The number of nitrogens with two attached hydrogens (primary N) is 1. The molecule has 0 unspecified atom stereocenters. The molecule has 1 rings (SSSR count). The standard InChI is InChI=1S/C10H22N2/c1-4-12(7-9-5-6-9)10(2,3)8-11/h9H,4-8,11H2,1-3H3. The van der Waals surface area contributed by atoms with E-state index in [1.807, 2.05) is 0 Å². The highest BCUT2D eigenvalue weighted by atomic mass is 15.2. The van der Waals surface area contributed by atoms with Crippen LogP contribution in [0.5, 0.6) is 0 Å². The maximum absolute atomic E-state index is 5.74. The Hall–Kier alpha value is -0.0800. The molecule has 0 atom stereocenters. The lowest BCUT2D eigenvalue weighted by molar-refractivity contribution is 0.128. The molecule has 0 saturated heterocycles. The Balaban J connectivity index is 2.40. The van der Waals surface area contributed by atoms with Gasteiger partial charge in [0.15, 0.2) is 0 Å². The molecular formula is C10H22N2. The highest BCUT2D eigenvalue weighted by molar-refractivity contribution is 4.86. The predicted molar refractivity (Wildman–Crippen MR) is 53.1 cm³/mol. The smallest absolute Gasteiger partial charge is 0.0275 e. The fourth-order valence-corrected chi connectivity index (χ4v) is 1.55. The molecule has 0 heterocycles. The molecule has 1 aliphatic carbocycles. The molecular weight excluding hydrogens is 148 g/mol. The summed E-state index contributed by atoms with van der Waals surface area (Å²) in [6.07, 6.45) is 2.86. The maximum atomic E-state index is 5.74. The summed E-state index contributed by atoms with van der Waals surface area (Å²) >= 11 is 0. The van der Waals surface area contributed by atoms with E-state index >= 15 is 0 Å². The Bertz CT molecular complexity index is 139. The van der Waals surface area contributed by atoms with Gasteiger partial charge in [-0.1, -0.05) is 6.92 Å². The third-order valence-electron chi connectivity index (χ3n) is 2.91. The Morgan fingerprint density at radius 3 is 2.33 bits per heavy atom. The molecule has 0 aromatic carbocycles. The summed E-state index contributed by atoms with van der Waals surface area (Å²) in [7, 11) is 0. The van der Waals surface area contributed by atoms with E-state index in [0.29, 0.717) is 0 Å². The van der Waals surface area contributed by atoms with E-state index in [9.17, 15) is 0 Å². The fourth-order valence-electron chi connectivity index (χ4n) is 1.55. The van der Waals surface area contributed by atoms with Crippen LogP contribution in [0, 0.1) is 5.92 Å². The topological polar surface area (TPSA) is 29.3 Å². The largest absolute Gasteiger partial charge is 0.329 e. The van der Waals surface area contributed by atoms with Crippen molar-refractivity contribution in [1.29, 1.82) is 0 Å². The van der Waals surface area contributed by atoms with Gasteiger partial charge in [-0.2, -0.15) is 0 Å². The fraction of sp³-hybridized carbons (Fsp3) is 1.00. The van der Waals surface area contributed by atoms with Gasteiger partial charge in [0.1, 0.15) is 0 Å². The molecule has 0 spiro atoms. The van der Waals surface area contributed by atoms with Crippen LogP contribution < -0.4 is 5.73 Å². The van der Waals surface area contributed by atoms with Crippen molar-refractivity contribution in [2.75, 3.05) is 19.6 Å². The summed E-state index contributed by atoms with van der Waals surface area (Å²) in [5.41, 5.74) is 5.93. The Labute approximate surface area is 76.1 Å². The minimum atomic E-state index is 0.192. The van der Waals surface area contributed by atoms with Crippen molar-refractivity contribution in [3.8, 4) is 0 Å². The van der Waals surface area contributed by atoms with Gasteiger partial charge in [0.05, 0.1) is 0 Å². The van der Waals surface area contributed by atoms with E-state index in [-0.39, 0.29) is 5.54 Å². The van der Waals surface area contributed by atoms with Crippen LogP contribution in [-0.2, 0) is 0 Å². The lowest BCUT2D eigenvalue weighted by Crippen LogP contribution is -2.50. The first-order chi connectivity index (χ1) is 5.60. The molecule has 0 radical (unpaired) electrons. The second kappa shape index (κ2) is 3.75. The van der Waals surface area contributed by atoms with E-state index in [0.717, 1.165) is 19.0 Å². The van der Waals surface area contributed by atoms with Crippen LogP contribution in [0.4, 0.5) is 0 Å². The van der Waals surface area contributed by atoms with E-state index in [2.05, 4.69) is 25.7 Å². The van der Waals surface area contributed by atoms with Gasteiger partial charge in [-0.25, -0.2) is 0 Å². The maximum Gasteiger partial charge on any atom is 0.0275 e. The van der Waals surface area contributed by atoms with E-state index in [4.69, 9.17) is 5.73 Å². The summed E-state index contributed by atoms with van der Waals surface area (Å²) in [5, 5.41) is 0. The molecule has 2 heteroatoms. The number of nitrogens with zero attached hydrogens (tertiary/aromatic N) is 1. The molecule has 2 nitrogen and oxygen atoms in total. The summed E-state index contributed by atoms with van der Waals surface area (Å²) in [5.74, 6) is 0.968. The molecule has 72 valence electrons. The summed E-state index contributed by atoms with van der Waals surface area (Å²) in [6, 6.07) is 0. The molecule has 0 bridgehead atoms. The number of rotatable bonds is 5.